The van der Waals surface area contributed by atoms with Gasteiger partial charge in [0.15, 0.2) is 0 Å². The lowest BCUT2D eigenvalue weighted by atomic mass is 9.68. The standard InChI is InChI=1S/C14H24N4/c1-13(2)10-5-6-14(3,7-10)12(13)15-8-11-9-18(4)17-16-11/h9-10,12,15H,5-8H2,1-4H3. The summed E-state index contributed by atoms with van der Waals surface area (Å²) in [5.41, 5.74) is 1.94. The average molecular weight is 248 g/mol. The fraction of sp³-hybridized carbons (Fsp3) is 0.857. The average Bonchev–Trinajstić information content (AvgIpc) is 2.89. The molecule has 2 aliphatic rings. The predicted octanol–water partition coefficient (Wildman–Crippen LogP) is 2.12. The minimum absolute atomic E-state index is 0.412. The van der Waals surface area contributed by atoms with E-state index in [-0.39, 0.29) is 0 Å². The number of aryl methyl sites for hydroxylation is 1. The van der Waals surface area contributed by atoms with Gasteiger partial charge in [-0.1, -0.05) is 26.0 Å². The van der Waals surface area contributed by atoms with Gasteiger partial charge in [-0.25, -0.2) is 0 Å². The van der Waals surface area contributed by atoms with Crippen LogP contribution in [0.25, 0.3) is 0 Å². The van der Waals surface area contributed by atoms with Gasteiger partial charge in [0.1, 0.15) is 0 Å². The Morgan fingerprint density at radius 2 is 2.22 bits per heavy atom. The molecule has 3 unspecified atom stereocenters. The molecule has 1 heterocycles. The van der Waals surface area contributed by atoms with Crippen LogP contribution in [0.4, 0.5) is 0 Å². The van der Waals surface area contributed by atoms with E-state index >= 15 is 0 Å². The zero-order valence-electron chi connectivity index (χ0n) is 11.9. The number of rotatable bonds is 3. The lowest BCUT2D eigenvalue weighted by Crippen LogP contribution is -2.49. The van der Waals surface area contributed by atoms with E-state index in [0.29, 0.717) is 16.9 Å². The minimum Gasteiger partial charge on any atom is -0.307 e. The molecule has 1 N–H and O–H groups in total. The van der Waals surface area contributed by atoms with Crippen LogP contribution >= 0.6 is 0 Å². The molecule has 100 valence electrons. The second-order valence-electron chi connectivity index (χ2n) is 7.11. The number of aromatic nitrogens is 3. The normalized spacial score (nSPS) is 37.3. The first-order chi connectivity index (χ1) is 8.42. The van der Waals surface area contributed by atoms with Crippen LogP contribution in [0.15, 0.2) is 6.20 Å². The van der Waals surface area contributed by atoms with Gasteiger partial charge in [0.25, 0.3) is 0 Å². The van der Waals surface area contributed by atoms with Crippen molar-refractivity contribution in [1.29, 1.82) is 0 Å². The third kappa shape index (κ3) is 1.69. The zero-order valence-corrected chi connectivity index (χ0v) is 11.9. The Hall–Kier alpha value is -0.900. The summed E-state index contributed by atoms with van der Waals surface area (Å²) in [5, 5.41) is 11.9. The summed E-state index contributed by atoms with van der Waals surface area (Å²) in [5.74, 6) is 0.891. The summed E-state index contributed by atoms with van der Waals surface area (Å²) in [6.45, 7) is 8.15. The van der Waals surface area contributed by atoms with Crippen LogP contribution in [0.5, 0.6) is 0 Å². The maximum atomic E-state index is 4.16. The van der Waals surface area contributed by atoms with E-state index in [1.807, 2.05) is 13.2 Å². The molecule has 2 aliphatic carbocycles. The first-order valence-electron chi connectivity index (χ1n) is 7.00. The Balaban J connectivity index is 1.72. The van der Waals surface area contributed by atoms with Crippen LogP contribution in [-0.2, 0) is 13.6 Å². The van der Waals surface area contributed by atoms with Crippen molar-refractivity contribution in [3.8, 4) is 0 Å². The molecule has 2 fully saturated rings. The molecule has 1 aromatic heterocycles. The molecule has 0 saturated heterocycles. The second kappa shape index (κ2) is 3.80. The van der Waals surface area contributed by atoms with E-state index in [4.69, 9.17) is 0 Å². The van der Waals surface area contributed by atoms with Crippen LogP contribution in [0.2, 0.25) is 0 Å². The lowest BCUT2D eigenvalue weighted by molar-refractivity contribution is 0.107. The van der Waals surface area contributed by atoms with Crippen LogP contribution in [0, 0.1) is 16.7 Å². The van der Waals surface area contributed by atoms with Crippen molar-refractivity contribution in [3.05, 3.63) is 11.9 Å². The summed E-state index contributed by atoms with van der Waals surface area (Å²) < 4.78 is 1.77. The van der Waals surface area contributed by atoms with Gasteiger partial charge in [0, 0.05) is 25.8 Å². The molecule has 3 rings (SSSR count). The lowest BCUT2D eigenvalue weighted by Gasteiger charge is -2.43. The molecule has 4 nitrogen and oxygen atoms in total. The van der Waals surface area contributed by atoms with Crippen LogP contribution < -0.4 is 5.32 Å². The molecule has 0 amide bonds. The van der Waals surface area contributed by atoms with Gasteiger partial charge < -0.3 is 5.32 Å². The molecule has 4 heteroatoms. The first-order valence-corrected chi connectivity index (χ1v) is 7.00. The van der Waals surface area contributed by atoms with E-state index < -0.39 is 0 Å². The topological polar surface area (TPSA) is 42.7 Å². The molecule has 0 aromatic carbocycles. The van der Waals surface area contributed by atoms with Gasteiger partial charge in [0.2, 0.25) is 0 Å². The highest BCUT2D eigenvalue weighted by Gasteiger charge is 2.58. The Kier molecular flexibility index (Phi) is 2.56. The molecule has 18 heavy (non-hydrogen) atoms. The fourth-order valence-corrected chi connectivity index (χ4v) is 4.49. The Labute approximate surface area is 109 Å². The Morgan fingerprint density at radius 3 is 2.78 bits per heavy atom. The number of nitrogens with one attached hydrogen (secondary N) is 1. The summed E-state index contributed by atoms with van der Waals surface area (Å²) in [4.78, 5) is 0. The van der Waals surface area contributed by atoms with Crippen molar-refractivity contribution in [2.24, 2.45) is 23.8 Å². The number of hydrogen-bond donors (Lipinski definition) is 1. The molecule has 2 saturated carbocycles. The van der Waals surface area contributed by atoms with Gasteiger partial charge in [-0.05, 0) is 36.0 Å². The SMILES string of the molecule is Cn1cc(CNC2C3(C)CCC(C3)C2(C)C)nn1. The number of fused-ring (bicyclic) bond motifs is 2. The van der Waals surface area contributed by atoms with E-state index in [9.17, 15) is 0 Å². The molecule has 1 aromatic rings. The quantitative estimate of drug-likeness (QED) is 0.891. The Morgan fingerprint density at radius 1 is 1.44 bits per heavy atom. The highest BCUT2D eigenvalue weighted by Crippen LogP contribution is 2.62. The van der Waals surface area contributed by atoms with Crippen molar-refractivity contribution < 1.29 is 0 Å². The van der Waals surface area contributed by atoms with Crippen LogP contribution in [0.1, 0.15) is 45.7 Å². The first kappa shape index (κ1) is 12.2. The van der Waals surface area contributed by atoms with Crippen molar-refractivity contribution in [3.63, 3.8) is 0 Å². The third-order valence-electron chi connectivity index (χ3n) is 5.41. The summed E-state index contributed by atoms with van der Waals surface area (Å²) in [6, 6.07) is 0.603. The monoisotopic (exact) mass is 248 g/mol. The number of nitrogens with zero attached hydrogens (tertiary/aromatic N) is 3. The molecule has 3 atom stereocenters. The van der Waals surface area contributed by atoms with Gasteiger partial charge >= 0.3 is 0 Å². The molecule has 2 bridgehead atoms. The predicted molar refractivity (Wildman–Crippen MR) is 70.9 cm³/mol. The van der Waals surface area contributed by atoms with E-state index in [0.717, 1.165) is 18.2 Å². The largest absolute Gasteiger partial charge is 0.307 e. The van der Waals surface area contributed by atoms with Crippen LogP contribution in [-0.4, -0.2) is 21.0 Å². The van der Waals surface area contributed by atoms with Crippen molar-refractivity contribution in [2.75, 3.05) is 0 Å². The molecule has 0 spiro atoms. The van der Waals surface area contributed by atoms with Gasteiger partial charge in [-0.3, -0.25) is 4.68 Å². The highest BCUT2D eigenvalue weighted by atomic mass is 15.4. The molecule has 0 radical (unpaired) electrons. The fourth-order valence-electron chi connectivity index (χ4n) is 4.49. The van der Waals surface area contributed by atoms with Crippen molar-refractivity contribution in [1.82, 2.24) is 20.3 Å². The summed E-state index contributed by atoms with van der Waals surface area (Å²) in [7, 11) is 1.92. The van der Waals surface area contributed by atoms with E-state index in [1.165, 1.54) is 19.3 Å². The number of hydrogen-bond acceptors (Lipinski definition) is 3. The van der Waals surface area contributed by atoms with Crippen LogP contribution in [0.3, 0.4) is 0 Å². The summed E-state index contributed by atoms with van der Waals surface area (Å²) in [6.07, 6.45) is 6.17. The van der Waals surface area contributed by atoms with E-state index in [1.54, 1.807) is 4.68 Å². The minimum atomic E-state index is 0.412. The van der Waals surface area contributed by atoms with Gasteiger partial charge in [-0.15, -0.1) is 5.10 Å². The highest BCUT2D eigenvalue weighted by molar-refractivity contribution is 5.12. The summed E-state index contributed by atoms with van der Waals surface area (Å²) >= 11 is 0. The third-order valence-corrected chi connectivity index (χ3v) is 5.41. The molecule has 0 aliphatic heterocycles. The second-order valence-corrected chi connectivity index (χ2v) is 7.11. The van der Waals surface area contributed by atoms with Gasteiger partial charge in [0.05, 0.1) is 5.69 Å². The smallest absolute Gasteiger partial charge is 0.0964 e. The maximum absolute atomic E-state index is 4.16. The van der Waals surface area contributed by atoms with Crippen molar-refractivity contribution >= 4 is 0 Å². The Bertz CT molecular complexity index is 446. The molecular weight excluding hydrogens is 224 g/mol. The van der Waals surface area contributed by atoms with Gasteiger partial charge in [-0.2, -0.15) is 0 Å². The van der Waals surface area contributed by atoms with Crippen molar-refractivity contribution in [2.45, 2.75) is 52.6 Å². The zero-order chi connectivity index (χ0) is 13.0. The maximum Gasteiger partial charge on any atom is 0.0964 e. The van der Waals surface area contributed by atoms with E-state index in [2.05, 4.69) is 36.4 Å². The molecular formula is C14H24N4.